The maximum absolute atomic E-state index is 13.7. The predicted molar refractivity (Wildman–Crippen MR) is 69.1 cm³/mol. The van der Waals surface area contributed by atoms with E-state index in [1.807, 2.05) is 0 Å². The average molecular weight is 273 g/mol. The van der Waals surface area contributed by atoms with Crippen LogP contribution in [-0.4, -0.2) is 15.3 Å². The SMILES string of the molecule is NC(=O)c1ccc2nc(-c3ccc(F)cc3F)cn2c1. The number of nitrogens with zero attached hydrogens (tertiary/aromatic N) is 2. The van der Waals surface area contributed by atoms with Crippen molar-refractivity contribution >= 4 is 11.6 Å². The van der Waals surface area contributed by atoms with Gasteiger partial charge in [0.15, 0.2) is 0 Å². The van der Waals surface area contributed by atoms with E-state index in [2.05, 4.69) is 4.98 Å². The number of benzene rings is 1. The van der Waals surface area contributed by atoms with Gasteiger partial charge >= 0.3 is 0 Å². The highest BCUT2D eigenvalue weighted by Crippen LogP contribution is 2.23. The molecule has 0 aliphatic rings. The molecule has 100 valence electrons. The summed E-state index contributed by atoms with van der Waals surface area (Å²) in [7, 11) is 0. The van der Waals surface area contributed by atoms with E-state index in [4.69, 9.17) is 5.73 Å². The van der Waals surface area contributed by atoms with Crippen LogP contribution in [0.5, 0.6) is 0 Å². The monoisotopic (exact) mass is 273 g/mol. The van der Waals surface area contributed by atoms with Crippen LogP contribution in [0, 0.1) is 11.6 Å². The number of carbonyl (C=O) groups is 1. The largest absolute Gasteiger partial charge is 0.366 e. The molecule has 0 spiro atoms. The van der Waals surface area contributed by atoms with Crippen molar-refractivity contribution in [2.24, 2.45) is 5.73 Å². The number of amides is 1. The molecule has 2 aromatic heterocycles. The van der Waals surface area contributed by atoms with Gasteiger partial charge in [-0.25, -0.2) is 13.8 Å². The Kier molecular flexibility index (Phi) is 2.71. The lowest BCUT2D eigenvalue weighted by molar-refractivity contribution is 0.1000. The molecule has 0 atom stereocenters. The number of imidazole rings is 1. The van der Waals surface area contributed by atoms with Gasteiger partial charge in [0.1, 0.15) is 17.3 Å². The minimum Gasteiger partial charge on any atom is -0.366 e. The molecule has 1 aromatic carbocycles. The number of pyridine rings is 1. The van der Waals surface area contributed by atoms with Gasteiger partial charge in [-0.2, -0.15) is 0 Å². The first kappa shape index (κ1) is 12.3. The minimum atomic E-state index is -0.691. The van der Waals surface area contributed by atoms with Crippen molar-refractivity contribution in [3.05, 3.63) is 59.9 Å². The normalized spacial score (nSPS) is 10.9. The van der Waals surface area contributed by atoms with Gasteiger partial charge in [0.25, 0.3) is 0 Å². The van der Waals surface area contributed by atoms with Gasteiger partial charge in [-0.15, -0.1) is 0 Å². The summed E-state index contributed by atoms with van der Waals surface area (Å²) in [6.07, 6.45) is 3.06. The summed E-state index contributed by atoms with van der Waals surface area (Å²) in [5.74, 6) is -1.90. The number of rotatable bonds is 2. The number of carbonyl (C=O) groups excluding carboxylic acids is 1. The van der Waals surface area contributed by atoms with Crippen LogP contribution in [0.15, 0.2) is 42.7 Å². The first-order valence-electron chi connectivity index (χ1n) is 5.78. The third-order valence-electron chi connectivity index (χ3n) is 2.94. The molecule has 0 radical (unpaired) electrons. The maximum atomic E-state index is 13.7. The number of hydrogen-bond acceptors (Lipinski definition) is 2. The van der Waals surface area contributed by atoms with Gasteiger partial charge in [0.2, 0.25) is 5.91 Å². The van der Waals surface area contributed by atoms with E-state index in [0.717, 1.165) is 12.1 Å². The third-order valence-corrected chi connectivity index (χ3v) is 2.94. The standard InChI is InChI=1S/C14H9F2N3O/c15-9-2-3-10(11(16)5-9)12-7-19-6-8(14(17)20)1-4-13(19)18-12/h1-7H,(H2,17,20). The maximum Gasteiger partial charge on any atom is 0.250 e. The summed E-state index contributed by atoms with van der Waals surface area (Å²) in [6, 6.07) is 6.42. The molecule has 2 heterocycles. The zero-order valence-corrected chi connectivity index (χ0v) is 10.2. The molecule has 4 nitrogen and oxygen atoms in total. The number of halogens is 2. The van der Waals surface area contributed by atoms with Crippen molar-refractivity contribution in [1.29, 1.82) is 0 Å². The molecule has 0 fully saturated rings. The van der Waals surface area contributed by atoms with E-state index in [1.54, 1.807) is 16.7 Å². The van der Waals surface area contributed by atoms with Crippen molar-refractivity contribution in [1.82, 2.24) is 9.38 Å². The smallest absolute Gasteiger partial charge is 0.250 e. The summed E-state index contributed by atoms with van der Waals surface area (Å²) >= 11 is 0. The Balaban J connectivity index is 2.15. The summed E-state index contributed by atoms with van der Waals surface area (Å²) in [5.41, 5.74) is 6.59. The highest BCUT2D eigenvalue weighted by atomic mass is 19.1. The first-order valence-corrected chi connectivity index (χ1v) is 5.78. The molecule has 3 aromatic rings. The molecule has 0 saturated heterocycles. The average Bonchev–Trinajstić information content (AvgIpc) is 2.80. The Bertz CT molecular complexity index is 826. The van der Waals surface area contributed by atoms with Gasteiger partial charge in [0, 0.05) is 24.0 Å². The molecule has 0 aliphatic heterocycles. The summed E-state index contributed by atoms with van der Waals surface area (Å²) < 4.78 is 28.2. The van der Waals surface area contributed by atoms with Crippen LogP contribution in [0.25, 0.3) is 16.9 Å². The highest BCUT2D eigenvalue weighted by Gasteiger charge is 2.11. The molecule has 0 bridgehead atoms. The van der Waals surface area contributed by atoms with Crippen LogP contribution >= 0.6 is 0 Å². The van der Waals surface area contributed by atoms with Gasteiger partial charge in [-0.05, 0) is 24.3 Å². The van der Waals surface area contributed by atoms with Crippen LogP contribution in [0.2, 0.25) is 0 Å². The van der Waals surface area contributed by atoms with Gasteiger partial charge < -0.3 is 10.1 Å². The summed E-state index contributed by atoms with van der Waals surface area (Å²) in [5, 5.41) is 0. The van der Waals surface area contributed by atoms with E-state index in [-0.39, 0.29) is 5.56 Å². The van der Waals surface area contributed by atoms with Gasteiger partial charge in [0.05, 0.1) is 11.3 Å². The molecular weight excluding hydrogens is 264 g/mol. The first-order chi connectivity index (χ1) is 9.54. The van der Waals surface area contributed by atoms with Crippen molar-refractivity contribution in [2.75, 3.05) is 0 Å². The highest BCUT2D eigenvalue weighted by molar-refractivity contribution is 5.92. The van der Waals surface area contributed by atoms with Gasteiger partial charge in [-0.1, -0.05) is 0 Å². The zero-order valence-electron chi connectivity index (χ0n) is 10.2. The molecular formula is C14H9F2N3O. The quantitative estimate of drug-likeness (QED) is 0.779. The van der Waals surface area contributed by atoms with E-state index < -0.39 is 17.5 Å². The molecule has 2 N–H and O–H groups in total. The number of aromatic nitrogens is 2. The van der Waals surface area contributed by atoms with E-state index >= 15 is 0 Å². The zero-order chi connectivity index (χ0) is 14.3. The van der Waals surface area contributed by atoms with Crippen LogP contribution in [0.3, 0.4) is 0 Å². The molecule has 20 heavy (non-hydrogen) atoms. The van der Waals surface area contributed by atoms with Crippen LogP contribution in [0.1, 0.15) is 10.4 Å². The number of primary amides is 1. The Morgan fingerprint density at radius 1 is 1.15 bits per heavy atom. The van der Waals surface area contributed by atoms with Crippen LogP contribution in [0.4, 0.5) is 8.78 Å². The van der Waals surface area contributed by atoms with E-state index in [9.17, 15) is 13.6 Å². The number of nitrogens with two attached hydrogens (primary N) is 1. The lowest BCUT2D eigenvalue weighted by atomic mass is 10.1. The molecule has 6 heteroatoms. The topological polar surface area (TPSA) is 60.4 Å². The third kappa shape index (κ3) is 2.01. The molecule has 3 rings (SSSR count). The Hall–Kier alpha value is -2.76. The Morgan fingerprint density at radius 2 is 1.95 bits per heavy atom. The number of hydrogen-bond donors (Lipinski definition) is 1. The lowest BCUT2D eigenvalue weighted by Gasteiger charge is -1.98. The molecule has 0 unspecified atom stereocenters. The van der Waals surface area contributed by atoms with E-state index in [1.165, 1.54) is 18.3 Å². The van der Waals surface area contributed by atoms with Crippen molar-refractivity contribution < 1.29 is 13.6 Å². The summed E-state index contributed by atoms with van der Waals surface area (Å²) in [6.45, 7) is 0. The Morgan fingerprint density at radius 3 is 2.65 bits per heavy atom. The van der Waals surface area contributed by atoms with Crippen LogP contribution < -0.4 is 5.73 Å². The minimum absolute atomic E-state index is 0.190. The fourth-order valence-corrected chi connectivity index (χ4v) is 1.96. The fourth-order valence-electron chi connectivity index (χ4n) is 1.96. The Labute approximate surface area is 112 Å². The molecule has 0 saturated carbocycles. The number of fused-ring (bicyclic) bond motifs is 1. The fraction of sp³-hybridized carbons (Fsp3) is 0. The molecule has 1 amide bonds. The van der Waals surface area contributed by atoms with Crippen molar-refractivity contribution in [3.63, 3.8) is 0 Å². The summed E-state index contributed by atoms with van der Waals surface area (Å²) in [4.78, 5) is 15.3. The van der Waals surface area contributed by atoms with Crippen molar-refractivity contribution in [3.8, 4) is 11.3 Å². The second-order valence-electron chi connectivity index (χ2n) is 4.30. The lowest BCUT2D eigenvalue weighted by Crippen LogP contribution is -2.11. The van der Waals surface area contributed by atoms with E-state index in [0.29, 0.717) is 16.9 Å². The second kappa shape index (κ2) is 4.41. The van der Waals surface area contributed by atoms with Crippen LogP contribution in [-0.2, 0) is 0 Å². The van der Waals surface area contributed by atoms with Crippen molar-refractivity contribution in [2.45, 2.75) is 0 Å². The van der Waals surface area contributed by atoms with Gasteiger partial charge in [-0.3, -0.25) is 4.79 Å². The molecule has 0 aliphatic carbocycles. The predicted octanol–water partition coefficient (Wildman–Crippen LogP) is 2.38. The second-order valence-corrected chi connectivity index (χ2v) is 4.30.